The van der Waals surface area contributed by atoms with Gasteiger partial charge in [-0.05, 0) is 32.4 Å². The van der Waals surface area contributed by atoms with Gasteiger partial charge in [0.05, 0.1) is 12.6 Å². The van der Waals surface area contributed by atoms with Crippen LogP contribution in [-0.4, -0.2) is 59.3 Å². The summed E-state index contributed by atoms with van der Waals surface area (Å²) < 4.78 is 11.0. The highest BCUT2D eigenvalue weighted by Gasteiger charge is 2.25. The Morgan fingerprint density at radius 1 is 1.17 bits per heavy atom. The zero-order valence-electron chi connectivity index (χ0n) is 14.5. The number of aromatic nitrogens is 2. The van der Waals surface area contributed by atoms with Crippen LogP contribution in [0.5, 0.6) is 5.75 Å². The van der Waals surface area contributed by atoms with Gasteiger partial charge in [-0.2, -0.15) is 4.98 Å². The molecule has 0 N–H and O–H groups in total. The molecule has 1 aromatic heterocycles. The fourth-order valence-corrected chi connectivity index (χ4v) is 3.01. The normalized spacial score (nSPS) is 17.8. The molecule has 6 nitrogen and oxygen atoms in total. The Kier molecular flexibility index (Phi) is 5.82. The predicted octanol–water partition coefficient (Wildman–Crippen LogP) is 2.53. The van der Waals surface area contributed by atoms with Crippen molar-refractivity contribution in [1.82, 2.24) is 19.9 Å². The van der Waals surface area contributed by atoms with Gasteiger partial charge >= 0.3 is 0 Å². The van der Waals surface area contributed by atoms with Crippen LogP contribution in [0.3, 0.4) is 0 Å². The van der Waals surface area contributed by atoms with Gasteiger partial charge in [-0.1, -0.05) is 23.4 Å². The summed E-state index contributed by atoms with van der Waals surface area (Å²) in [6.07, 6.45) is 1.05. The van der Waals surface area contributed by atoms with Crippen molar-refractivity contribution in [3.8, 4) is 5.75 Å². The highest BCUT2D eigenvalue weighted by Crippen LogP contribution is 2.20. The van der Waals surface area contributed by atoms with E-state index in [1.807, 2.05) is 37.3 Å². The first-order valence-electron chi connectivity index (χ1n) is 8.67. The molecule has 2 heterocycles. The number of hydrogen-bond donors (Lipinski definition) is 0. The molecule has 0 unspecified atom stereocenters. The van der Waals surface area contributed by atoms with E-state index in [2.05, 4.69) is 26.9 Å². The summed E-state index contributed by atoms with van der Waals surface area (Å²) in [7, 11) is 0. The minimum atomic E-state index is 0.190. The lowest BCUT2D eigenvalue weighted by Crippen LogP contribution is -2.47. The van der Waals surface area contributed by atoms with Gasteiger partial charge in [-0.15, -0.1) is 0 Å². The Hall–Kier alpha value is -1.92. The number of benzene rings is 1. The van der Waals surface area contributed by atoms with E-state index >= 15 is 0 Å². The first-order valence-corrected chi connectivity index (χ1v) is 8.67. The molecule has 1 aliphatic heterocycles. The third kappa shape index (κ3) is 4.55. The van der Waals surface area contributed by atoms with Crippen LogP contribution >= 0.6 is 0 Å². The van der Waals surface area contributed by atoms with E-state index in [0.29, 0.717) is 5.82 Å². The Bertz CT molecular complexity index is 608. The first kappa shape index (κ1) is 16.9. The van der Waals surface area contributed by atoms with Crippen LogP contribution in [-0.2, 0) is 0 Å². The molecule has 6 heteroatoms. The molecule has 0 saturated carbocycles. The number of aryl methyl sites for hydroxylation is 1. The van der Waals surface area contributed by atoms with Crippen LogP contribution in [0, 0.1) is 6.92 Å². The maximum Gasteiger partial charge on any atom is 0.243 e. The maximum atomic E-state index is 5.75. The molecule has 1 aromatic carbocycles. The molecule has 2 aromatic rings. The van der Waals surface area contributed by atoms with Gasteiger partial charge in [0.25, 0.3) is 0 Å². The number of piperazine rings is 1. The Morgan fingerprint density at radius 3 is 2.58 bits per heavy atom. The molecule has 130 valence electrons. The van der Waals surface area contributed by atoms with Crippen LogP contribution in [0.2, 0.25) is 0 Å². The summed E-state index contributed by atoms with van der Waals surface area (Å²) in [5.74, 6) is 2.37. The zero-order chi connectivity index (χ0) is 16.8. The van der Waals surface area contributed by atoms with Crippen LogP contribution in [0.4, 0.5) is 0 Å². The van der Waals surface area contributed by atoms with E-state index in [1.54, 1.807) is 0 Å². The van der Waals surface area contributed by atoms with Crippen molar-refractivity contribution in [1.29, 1.82) is 0 Å². The molecule has 0 aliphatic carbocycles. The highest BCUT2D eigenvalue weighted by molar-refractivity contribution is 5.20. The summed E-state index contributed by atoms with van der Waals surface area (Å²) in [5.41, 5.74) is 0. The van der Waals surface area contributed by atoms with Crippen LogP contribution in [0.15, 0.2) is 34.9 Å². The largest absolute Gasteiger partial charge is 0.494 e. The number of para-hydroxylation sites is 1. The lowest BCUT2D eigenvalue weighted by Gasteiger charge is -2.36. The van der Waals surface area contributed by atoms with Crippen molar-refractivity contribution < 1.29 is 9.26 Å². The fourth-order valence-electron chi connectivity index (χ4n) is 3.01. The average Bonchev–Trinajstić information content (AvgIpc) is 3.06. The molecule has 1 saturated heterocycles. The zero-order valence-corrected chi connectivity index (χ0v) is 14.5. The van der Waals surface area contributed by atoms with Gasteiger partial charge in [0.1, 0.15) is 5.75 Å². The van der Waals surface area contributed by atoms with Crippen molar-refractivity contribution in [2.75, 3.05) is 39.3 Å². The standard InChI is InChI=1S/C18H26N4O2/c1-15(18-19-16(2)20-24-18)22-12-10-21(11-13-22)9-6-14-23-17-7-4-3-5-8-17/h3-5,7-8,15H,6,9-14H2,1-2H3/t15-/m0/s1. The van der Waals surface area contributed by atoms with Gasteiger partial charge < -0.3 is 14.2 Å². The molecule has 24 heavy (non-hydrogen) atoms. The molecule has 1 fully saturated rings. The number of nitrogens with zero attached hydrogens (tertiary/aromatic N) is 4. The summed E-state index contributed by atoms with van der Waals surface area (Å²) in [5, 5.41) is 3.89. The second-order valence-corrected chi connectivity index (χ2v) is 6.25. The van der Waals surface area contributed by atoms with Crippen molar-refractivity contribution in [2.45, 2.75) is 26.3 Å². The van der Waals surface area contributed by atoms with Gasteiger partial charge in [0, 0.05) is 32.7 Å². The van der Waals surface area contributed by atoms with Crippen molar-refractivity contribution in [3.63, 3.8) is 0 Å². The van der Waals surface area contributed by atoms with Crippen LogP contribution in [0.25, 0.3) is 0 Å². The van der Waals surface area contributed by atoms with E-state index < -0.39 is 0 Å². The summed E-state index contributed by atoms with van der Waals surface area (Å²) in [6, 6.07) is 10.2. The van der Waals surface area contributed by atoms with E-state index in [9.17, 15) is 0 Å². The lowest BCUT2D eigenvalue weighted by molar-refractivity contribution is 0.0852. The average molecular weight is 330 g/mol. The molecular formula is C18H26N4O2. The van der Waals surface area contributed by atoms with Gasteiger partial charge in [-0.3, -0.25) is 4.90 Å². The second kappa shape index (κ2) is 8.26. The Morgan fingerprint density at radius 2 is 1.92 bits per heavy atom. The van der Waals surface area contributed by atoms with Crippen molar-refractivity contribution in [2.24, 2.45) is 0 Å². The van der Waals surface area contributed by atoms with Gasteiger partial charge in [-0.25, -0.2) is 0 Å². The summed E-state index contributed by atoms with van der Waals surface area (Å²) >= 11 is 0. The second-order valence-electron chi connectivity index (χ2n) is 6.25. The van der Waals surface area contributed by atoms with Crippen LogP contribution < -0.4 is 4.74 Å². The number of rotatable bonds is 7. The topological polar surface area (TPSA) is 54.6 Å². The third-order valence-corrected chi connectivity index (χ3v) is 4.49. The van der Waals surface area contributed by atoms with E-state index in [0.717, 1.165) is 57.4 Å². The van der Waals surface area contributed by atoms with E-state index in [4.69, 9.17) is 9.26 Å². The smallest absolute Gasteiger partial charge is 0.243 e. The highest BCUT2D eigenvalue weighted by atomic mass is 16.5. The first-order chi connectivity index (χ1) is 11.7. The Balaban J connectivity index is 1.35. The molecule has 0 spiro atoms. The molecule has 0 bridgehead atoms. The summed E-state index contributed by atoms with van der Waals surface area (Å²) in [4.78, 5) is 9.25. The molecule has 1 aliphatic rings. The molecule has 3 rings (SSSR count). The van der Waals surface area contributed by atoms with Crippen LogP contribution in [0.1, 0.15) is 31.1 Å². The van der Waals surface area contributed by atoms with Gasteiger partial charge in [0.15, 0.2) is 5.82 Å². The third-order valence-electron chi connectivity index (χ3n) is 4.49. The van der Waals surface area contributed by atoms with E-state index in [-0.39, 0.29) is 6.04 Å². The molecule has 0 radical (unpaired) electrons. The SMILES string of the molecule is Cc1noc([C@H](C)N2CCN(CCCOc3ccccc3)CC2)n1. The maximum absolute atomic E-state index is 5.75. The fraction of sp³-hybridized carbons (Fsp3) is 0.556. The molecule has 0 amide bonds. The Labute approximate surface area is 143 Å². The quantitative estimate of drug-likeness (QED) is 0.727. The minimum Gasteiger partial charge on any atom is -0.494 e. The number of ether oxygens (including phenoxy) is 1. The van der Waals surface area contributed by atoms with Crippen molar-refractivity contribution >= 4 is 0 Å². The minimum absolute atomic E-state index is 0.190. The van der Waals surface area contributed by atoms with E-state index in [1.165, 1.54) is 0 Å². The van der Waals surface area contributed by atoms with Crippen molar-refractivity contribution in [3.05, 3.63) is 42.0 Å². The monoisotopic (exact) mass is 330 g/mol. The number of hydrogen-bond acceptors (Lipinski definition) is 6. The molecular weight excluding hydrogens is 304 g/mol. The summed E-state index contributed by atoms with van der Waals surface area (Å²) in [6.45, 7) is 10.0. The lowest BCUT2D eigenvalue weighted by atomic mass is 10.2. The van der Waals surface area contributed by atoms with Gasteiger partial charge in [0.2, 0.25) is 5.89 Å². The predicted molar refractivity (Wildman–Crippen MR) is 92.0 cm³/mol. The molecule has 1 atom stereocenters.